The van der Waals surface area contributed by atoms with Crippen molar-refractivity contribution in [1.82, 2.24) is 5.32 Å². The van der Waals surface area contributed by atoms with Gasteiger partial charge in [-0.3, -0.25) is 9.69 Å². The molecule has 0 spiro atoms. The molecule has 0 bridgehead atoms. The van der Waals surface area contributed by atoms with Gasteiger partial charge in [0.1, 0.15) is 18.1 Å². The van der Waals surface area contributed by atoms with Gasteiger partial charge in [0.15, 0.2) is 16.6 Å². The van der Waals surface area contributed by atoms with Crippen molar-refractivity contribution in [2.24, 2.45) is 0 Å². The van der Waals surface area contributed by atoms with Crippen molar-refractivity contribution in [1.29, 1.82) is 0 Å². The summed E-state index contributed by atoms with van der Waals surface area (Å²) in [6.07, 6.45) is 6.95. The first-order chi connectivity index (χ1) is 14.5. The highest BCUT2D eigenvalue weighted by atomic mass is 79.9. The lowest BCUT2D eigenvalue weighted by Gasteiger charge is -2.14. The number of halogens is 1. The standard InChI is InChI=1S/C22H19BrN2O4S/c1-4-10-29-20-17(23)11-14(13-19(20)27-3)12-18-21(26)25(22(30)24-18)15-6-8-16(9-7-15)28-5-2/h1,6-9,11-13H,5,10H2,2-3H3,(H,24,30)/b18-12-. The Hall–Kier alpha value is -3.02. The third-order valence-electron chi connectivity index (χ3n) is 4.15. The highest BCUT2D eigenvalue weighted by molar-refractivity contribution is 9.10. The number of ether oxygens (including phenoxy) is 3. The van der Waals surface area contributed by atoms with Gasteiger partial charge < -0.3 is 19.5 Å². The van der Waals surface area contributed by atoms with Crippen LogP contribution >= 0.6 is 28.1 Å². The number of rotatable bonds is 7. The number of nitrogens with zero attached hydrogens (tertiary/aromatic N) is 1. The SMILES string of the molecule is C#CCOc1c(Br)cc(/C=C2\NC(=S)N(c3ccc(OCC)cc3)C2=O)cc1OC. The molecule has 1 amide bonds. The second-order valence-corrected chi connectivity index (χ2v) is 7.32. The molecule has 1 N–H and O–H groups in total. The lowest BCUT2D eigenvalue weighted by atomic mass is 10.1. The molecule has 154 valence electrons. The summed E-state index contributed by atoms with van der Waals surface area (Å²) in [4.78, 5) is 14.4. The Balaban J connectivity index is 1.88. The van der Waals surface area contributed by atoms with Gasteiger partial charge in [-0.2, -0.15) is 0 Å². The predicted molar refractivity (Wildman–Crippen MR) is 124 cm³/mol. The Labute approximate surface area is 188 Å². The summed E-state index contributed by atoms with van der Waals surface area (Å²) < 4.78 is 17.0. The van der Waals surface area contributed by atoms with Crippen LogP contribution in [0.4, 0.5) is 5.69 Å². The largest absolute Gasteiger partial charge is 0.494 e. The summed E-state index contributed by atoms with van der Waals surface area (Å²) >= 11 is 8.83. The summed E-state index contributed by atoms with van der Waals surface area (Å²) in [5, 5.41) is 3.27. The van der Waals surface area contributed by atoms with E-state index in [1.54, 1.807) is 42.5 Å². The molecule has 1 heterocycles. The minimum absolute atomic E-state index is 0.112. The number of terminal acetylenes is 1. The van der Waals surface area contributed by atoms with Gasteiger partial charge in [0.25, 0.3) is 5.91 Å². The van der Waals surface area contributed by atoms with Crippen LogP contribution in [0.25, 0.3) is 6.08 Å². The van der Waals surface area contributed by atoms with E-state index >= 15 is 0 Å². The van der Waals surface area contributed by atoms with Crippen molar-refractivity contribution in [3.05, 3.63) is 52.1 Å². The van der Waals surface area contributed by atoms with Crippen LogP contribution in [-0.4, -0.2) is 31.3 Å². The molecular formula is C22H19BrN2O4S. The van der Waals surface area contributed by atoms with Crippen molar-refractivity contribution in [3.63, 3.8) is 0 Å². The molecule has 30 heavy (non-hydrogen) atoms. The van der Waals surface area contributed by atoms with Gasteiger partial charge in [-0.1, -0.05) is 5.92 Å². The molecule has 1 aliphatic rings. The maximum absolute atomic E-state index is 13.0. The number of benzene rings is 2. The maximum atomic E-state index is 13.0. The van der Waals surface area contributed by atoms with Crippen molar-refractivity contribution < 1.29 is 19.0 Å². The molecule has 6 nitrogen and oxygen atoms in total. The van der Waals surface area contributed by atoms with Gasteiger partial charge in [-0.05, 0) is 83.1 Å². The van der Waals surface area contributed by atoms with Crippen LogP contribution in [-0.2, 0) is 4.79 Å². The van der Waals surface area contributed by atoms with Crippen molar-refractivity contribution in [3.8, 4) is 29.6 Å². The number of carbonyl (C=O) groups is 1. The van der Waals surface area contributed by atoms with E-state index in [1.807, 2.05) is 6.92 Å². The van der Waals surface area contributed by atoms with E-state index in [0.717, 1.165) is 11.3 Å². The first kappa shape index (κ1) is 21.7. The number of thiocarbonyl (C=S) groups is 1. The highest BCUT2D eigenvalue weighted by Gasteiger charge is 2.32. The number of carbonyl (C=O) groups excluding carboxylic acids is 1. The summed E-state index contributed by atoms with van der Waals surface area (Å²) in [6.45, 7) is 2.59. The summed E-state index contributed by atoms with van der Waals surface area (Å²) in [7, 11) is 1.53. The second kappa shape index (κ2) is 9.65. The smallest absolute Gasteiger partial charge is 0.281 e. The molecule has 3 rings (SSSR count). The third kappa shape index (κ3) is 4.58. The fourth-order valence-corrected chi connectivity index (χ4v) is 3.74. The number of amides is 1. The zero-order valence-electron chi connectivity index (χ0n) is 16.4. The summed E-state index contributed by atoms with van der Waals surface area (Å²) in [6, 6.07) is 10.7. The molecule has 1 aliphatic heterocycles. The van der Waals surface area contributed by atoms with Gasteiger partial charge in [0.2, 0.25) is 0 Å². The fraction of sp³-hybridized carbons (Fsp3) is 0.182. The van der Waals surface area contributed by atoms with Gasteiger partial charge in [-0.15, -0.1) is 6.42 Å². The topological polar surface area (TPSA) is 60.0 Å². The van der Waals surface area contributed by atoms with Crippen LogP contribution in [0, 0.1) is 12.3 Å². The molecule has 0 radical (unpaired) electrons. The molecule has 0 atom stereocenters. The number of methoxy groups -OCH3 is 1. The Morgan fingerprint density at radius 1 is 1.27 bits per heavy atom. The van der Waals surface area contributed by atoms with Gasteiger partial charge in [0.05, 0.1) is 23.9 Å². The Kier molecular flexibility index (Phi) is 6.98. The molecule has 0 aliphatic carbocycles. The van der Waals surface area contributed by atoms with E-state index in [-0.39, 0.29) is 12.5 Å². The van der Waals surface area contributed by atoms with Crippen molar-refractivity contribution in [2.45, 2.75) is 6.92 Å². The van der Waals surface area contributed by atoms with E-state index in [0.29, 0.717) is 39.1 Å². The van der Waals surface area contributed by atoms with Crippen LogP contribution in [0.5, 0.6) is 17.2 Å². The van der Waals surface area contributed by atoms with Crippen LogP contribution in [0.2, 0.25) is 0 Å². The highest BCUT2D eigenvalue weighted by Crippen LogP contribution is 2.37. The molecule has 2 aromatic rings. The quantitative estimate of drug-likeness (QED) is 0.360. The number of hydrogen-bond acceptors (Lipinski definition) is 5. The normalized spacial score (nSPS) is 14.5. The summed E-state index contributed by atoms with van der Waals surface area (Å²) in [5.41, 5.74) is 1.72. The first-order valence-corrected chi connectivity index (χ1v) is 10.2. The van der Waals surface area contributed by atoms with Crippen molar-refractivity contribution in [2.75, 3.05) is 25.2 Å². The van der Waals surface area contributed by atoms with E-state index in [9.17, 15) is 4.79 Å². The first-order valence-electron chi connectivity index (χ1n) is 9.02. The Morgan fingerprint density at radius 2 is 2.00 bits per heavy atom. The minimum atomic E-state index is -0.257. The minimum Gasteiger partial charge on any atom is -0.494 e. The van der Waals surface area contributed by atoms with E-state index in [1.165, 1.54) is 12.0 Å². The van der Waals surface area contributed by atoms with Crippen LogP contribution < -0.4 is 24.4 Å². The molecule has 8 heteroatoms. The average molecular weight is 487 g/mol. The Morgan fingerprint density at radius 3 is 2.63 bits per heavy atom. The van der Waals surface area contributed by atoms with Gasteiger partial charge >= 0.3 is 0 Å². The van der Waals surface area contributed by atoms with E-state index < -0.39 is 0 Å². The predicted octanol–water partition coefficient (Wildman–Crippen LogP) is 4.13. The fourth-order valence-electron chi connectivity index (χ4n) is 2.87. The van der Waals surface area contributed by atoms with E-state index in [4.69, 9.17) is 32.9 Å². The van der Waals surface area contributed by atoms with E-state index in [2.05, 4.69) is 27.2 Å². The molecule has 0 aromatic heterocycles. The van der Waals surface area contributed by atoms with Crippen LogP contribution in [0.15, 0.2) is 46.6 Å². The number of anilines is 1. The molecule has 1 fully saturated rings. The average Bonchev–Trinajstić information content (AvgIpc) is 3.00. The van der Waals surface area contributed by atoms with Crippen LogP contribution in [0.3, 0.4) is 0 Å². The second-order valence-electron chi connectivity index (χ2n) is 6.08. The number of hydrogen-bond donors (Lipinski definition) is 1. The molecule has 0 unspecified atom stereocenters. The van der Waals surface area contributed by atoms with Crippen molar-refractivity contribution >= 4 is 50.9 Å². The molecule has 2 aromatic carbocycles. The lowest BCUT2D eigenvalue weighted by Crippen LogP contribution is -2.30. The molecular weight excluding hydrogens is 468 g/mol. The Bertz CT molecular complexity index is 1040. The van der Waals surface area contributed by atoms with Gasteiger partial charge in [-0.25, -0.2) is 0 Å². The molecule has 1 saturated heterocycles. The third-order valence-corrected chi connectivity index (χ3v) is 5.02. The van der Waals surface area contributed by atoms with Gasteiger partial charge in [0, 0.05) is 0 Å². The lowest BCUT2D eigenvalue weighted by molar-refractivity contribution is -0.113. The zero-order chi connectivity index (χ0) is 21.7. The monoisotopic (exact) mass is 486 g/mol. The maximum Gasteiger partial charge on any atom is 0.281 e. The summed E-state index contributed by atoms with van der Waals surface area (Å²) in [5.74, 6) is 3.87. The molecule has 0 saturated carbocycles. The zero-order valence-corrected chi connectivity index (χ0v) is 18.8. The number of nitrogens with one attached hydrogen (secondary N) is 1. The van der Waals surface area contributed by atoms with Crippen LogP contribution in [0.1, 0.15) is 12.5 Å².